The summed E-state index contributed by atoms with van der Waals surface area (Å²) in [5.74, 6) is 0.795. The third-order valence-corrected chi connectivity index (χ3v) is 5.88. The monoisotopic (exact) mass is 354 g/mol. The average molecular weight is 354 g/mol. The Morgan fingerprint density at radius 2 is 2.04 bits per heavy atom. The van der Waals surface area contributed by atoms with Crippen molar-refractivity contribution in [2.75, 3.05) is 13.1 Å². The summed E-state index contributed by atoms with van der Waals surface area (Å²) < 4.78 is 5.50. The standard InChI is InChI=1S/C21H26N2O3/c1-16-13-21(10-9-19(24)23(21)14-17-7-8-17)11-12-22(16)20(25)26-15-18-5-3-2-4-6-18/h2-6,9-10,16-17H,7-8,11-15H2,1H3/t16-,21+/m0/s1. The van der Waals surface area contributed by atoms with Crippen LogP contribution in [-0.2, 0) is 16.1 Å². The molecule has 4 rings (SSSR count). The van der Waals surface area contributed by atoms with Gasteiger partial charge in [0, 0.05) is 25.2 Å². The number of carbonyl (C=O) groups is 2. The van der Waals surface area contributed by atoms with E-state index in [-0.39, 0.29) is 23.6 Å². The van der Waals surface area contributed by atoms with Crippen molar-refractivity contribution in [2.24, 2.45) is 5.92 Å². The van der Waals surface area contributed by atoms with Gasteiger partial charge in [-0.25, -0.2) is 4.79 Å². The minimum atomic E-state index is -0.266. The Hall–Kier alpha value is -2.30. The van der Waals surface area contributed by atoms with E-state index in [0.29, 0.717) is 19.1 Å². The molecule has 0 bridgehead atoms. The molecule has 3 aliphatic rings. The summed E-state index contributed by atoms with van der Waals surface area (Å²) in [5, 5.41) is 0. The van der Waals surface area contributed by atoms with Crippen molar-refractivity contribution in [3.63, 3.8) is 0 Å². The second kappa shape index (κ2) is 6.78. The molecule has 1 spiro atoms. The SMILES string of the molecule is C[C@H]1C[C@@]2(C=CC(=O)N2CC2CC2)CCN1C(=O)OCc1ccccc1. The topological polar surface area (TPSA) is 49.9 Å². The lowest BCUT2D eigenvalue weighted by atomic mass is 9.83. The number of piperidine rings is 1. The van der Waals surface area contributed by atoms with E-state index in [4.69, 9.17) is 4.74 Å². The highest BCUT2D eigenvalue weighted by atomic mass is 16.6. The van der Waals surface area contributed by atoms with Gasteiger partial charge in [0.2, 0.25) is 5.91 Å². The minimum absolute atomic E-state index is 0.0456. The highest BCUT2D eigenvalue weighted by Gasteiger charge is 2.48. The van der Waals surface area contributed by atoms with Crippen LogP contribution in [0.15, 0.2) is 42.5 Å². The van der Waals surface area contributed by atoms with E-state index in [2.05, 4.69) is 13.0 Å². The first-order valence-corrected chi connectivity index (χ1v) is 9.55. The first-order chi connectivity index (χ1) is 12.6. The van der Waals surface area contributed by atoms with Gasteiger partial charge in [-0.2, -0.15) is 0 Å². The second-order valence-electron chi connectivity index (χ2n) is 7.87. The molecule has 2 amide bonds. The van der Waals surface area contributed by atoms with Crippen LogP contribution in [0.25, 0.3) is 0 Å². The highest BCUT2D eigenvalue weighted by Crippen LogP contribution is 2.41. The quantitative estimate of drug-likeness (QED) is 0.833. The predicted molar refractivity (Wildman–Crippen MR) is 98.3 cm³/mol. The van der Waals surface area contributed by atoms with Crippen LogP contribution in [0.3, 0.4) is 0 Å². The van der Waals surface area contributed by atoms with Gasteiger partial charge in [-0.3, -0.25) is 4.79 Å². The largest absolute Gasteiger partial charge is 0.445 e. The molecule has 2 heterocycles. The summed E-state index contributed by atoms with van der Waals surface area (Å²) in [6.07, 6.45) is 7.55. The molecule has 138 valence electrons. The van der Waals surface area contributed by atoms with Gasteiger partial charge in [0.1, 0.15) is 6.61 Å². The zero-order valence-electron chi connectivity index (χ0n) is 15.3. The molecule has 1 aromatic carbocycles. The van der Waals surface area contributed by atoms with Gasteiger partial charge in [0.25, 0.3) is 0 Å². The third-order valence-electron chi connectivity index (χ3n) is 5.88. The number of hydrogen-bond donors (Lipinski definition) is 0. The van der Waals surface area contributed by atoms with Crippen LogP contribution in [0.4, 0.5) is 4.79 Å². The average Bonchev–Trinajstić information content (AvgIpc) is 3.42. The Balaban J connectivity index is 1.37. The Kier molecular flexibility index (Phi) is 4.47. The van der Waals surface area contributed by atoms with Gasteiger partial charge in [0.05, 0.1) is 5.54 Å². The van der Waals surface area contributed by atoms with E-state index in [1.807, 2.05) is 35.2 Å². The number of amides is 2. The zero-order chi connectivity index (χ0) is 18.1. The molecule has 0 radical (unpaired) electrons. The Morgan fingerprint density at radius 3 is 2.73 bits per heavy atom. The molecular weight excluding hydrogens is 328 g/mol. The molecule has 5 heteroatoms. The maximum atomic E-state index is 12.5. The molecule has 5 nitrogen and oxygen atoms in total. The summed E-state index contributed by atoms with van der Waals surface area (Å²) in [7, 11) is 0. The zero-order valence-corrected chi connectivity index (χ0v) is 15.3. The lowest BCUT2D eigenvalue weighted by Gasteiger charge is -2.47. The van der Waals surface area contributed by atoms with Crippen molar-refractivity contribution in [3.8, 4) is 0 Å². The van der Waals surface area contributed by atoms with Gasteiger partial charge >= 0.3 is 6.09 Å². The van der Waals surface area contributed by atoms with E-state index < -0.39 is 0 Å². The summed E-state index contributed by atoms with van der Waals surface area (Å²) in [4.78, 5) is 28.7. The number of ether oxygens (including phenoxy) is 1. The van der Waals surface area contributed by atoms with Crippen LogP contribution in [0, 0.1) is 5.92 Å². The molecule has 2 aliphatic heterocycles. The Morgan fingerprint density at radius 1 is 1.27 bits per heavy atom. The lowest BCUT2D eigenvalue weighted by Crippen LogP contribution is -2.57. The summed E-state index contributed by atoms with van der Waals surface area (Å²) >= 11 is 0. The maximum absolute atomic E-state index is 12.5. The minimum Gasteiger partial charge on any atom is -0.445 e. The number of hydrogen-bond acceptors (Lipinski definition) is 3. The first kappa shape index (κ1) is 17.1. The fraction of sp³-hybridized carbons (Fsp3) is 0.524. The molecule has 1 saturated heterocycles. The molecular formula is C21H26N2O3. The predicted octanol–water partition coefficient (Wildman–Crippen LogP) is 3.35. The molecule has 0 unspecified atom stereocenters. The second-order valence-corrected chi connectivity index (χ2v) is 7.87. The maximum Gasteiger partial charge on any atom is 0.410 e. The van der Waals surface area contributed by atoms with E-state index >= 15 is 0 Å². The number of benzene rings is 1. The van der Waals surface area contributed by atoms with Crippen molar-refractivity contribution in [1.29, 1.82) is 0 Å². The molecule has 1 aliphatic carbocycles. The van der Waals surface area contributed by atoms with E-state index in [1.54, 1.807) is 11.0 Å². The van der Waals surface area contributed by atoms with Crippen molar-refractivity contribution in [2.45, 2.75) is 50.8 Å². The van der Waals surface area contributed by atoms with Crippen LogP contribution in [0.1, 0.15) is 38.2 Å². The fourth-order valence-electron chi connectivity index (χ4n) is 4.18. The van der Waals surface area contributed by atoms with Crippen LogP contribution < -0.4 is 0 Å². The van der Waals surface area contributed by atoms with Gasteiger partial charge in [0.15, 0.2) is 0 Å². The van der Waals surface area contributed by atoms with Gasteiger partial charge in [-0.05, 0) is 44.1 Å². The van der Waals surface area contributed by atoms with Crippen molar-refractivity contribution < 1.29 is 14.3 Å². The Bertz CT molecular complexity index is 713. The molecule has 1 aromatic rings. The number of nitrogens with zero attached hydrogens (tertiary/aromatic N) is 2. The van der Waals surface area contributed by atoms with Gasteiger partial charge in [-0.1, -0.05) is 36.4 Å². The molecule has 0 N–H and O–H groups in total. The third kappa shape index (κ3) is 3.35. The lowest BCUT2D eigenvalue weighted by molar-refractivity contribution is -0.130. The van der Waals surface area contributed by atoms with Crippen LogP contribution in [0.5, 0.6) is 0 Å². The summed E-state index contributed by atoms with van der Waals surface area (Å²) in [6.45, 7) is 3.82. The van der Waals surface area contributed by atoms with Crippen molar-refractivity contribution in [3.05, 3.63) is 48.0 Å². The van der Waals surface area contributed by atoms with Gasteiger partial charge in [-0.15, -0.1) is 0 Å². The normalized spacial score (nSPS) is 28.0. The number of rotatable bonds is 4. The fourth-order valence-corrected chi connectivity index (χ4v) is 4.18. The van der Waals surface area contributed by atoms with E-state index in [1.165, 1.54) is 12.8 Å². The van der Waals surface area contributed by atoms with Gasteiger partial charge < -0.3 is 14.5 Å². The molecule has 2 fully saturated rings. The molecule has 2 atom stereocenters. The number of carbonyl (C=O) groups excluding carboxylic acids is 2. The molecule has 1 saturated carbocycles. The van der Waals surface area contributed by atoms with Crippen LogP contribution in [0.2, 0.25) is 0 Å². The first-order valence-electron chi connectivity index (χ1n) is 9.55. The summed E-state index contributed by atoms with van der Waals surface area (Å²) in [6, 6.07) is 9.77. The van der Waals surface area contributed by atoms with Crippen molar-refractivity contribution in [1.82, 2.24) is 9.80 Å². The highest BCUT2D eigenvalue weighted by molar-refractivity contribution is 5.91. The van der Waals surface area contributed by atoms with Crippen LogP contribution >= 0.6 is 0 Å². The smallest absolute Gasteiger partial charge is 0.410 e. The molecule has 0 aromatic heterocycles. The summed E-state index contributed by atoms with van der Waals surface area (Å²) in [5.41, 5.74) is 0.775. The van der Waals surface area contributed by atoms with E-state index in [0.717, 1.165) is 24.9 Å². The van der Waals surface area contributed by atoms with Crippen LogP contribution in [-0.4, -0.2) is 46.5 Å². The molecule has 26 heavy (non-hydrogen) atoms. The van der Waals surface area contributed by atoms with Crippen molar-refractivity contribution >= 4 is 12.0 Å². The van der Waals surface area contributed by atoms with E-state index in [9.17, 15) is 9.59 Å². The number of likely N-dealkylation sites (tertiary alicyclic amines) is 1. The Labute approximate surface area is 154 Å².